The van der Waals surface area contributed by atoms with Crippen molar-refractivity contribution in [3.05, 3.63) is 23.8 Å². The Morgan fingerprint density at radius 2 is 2.26 bits per heavy atom. The average molecular weight is 262 g/mol. The molecule has 5 nitrogen and oxygen atoms in total. The van der Waals surface area contributed by atoms with Gasteiger partial charge in [-0.25, -0.2) is 0 Å². The lowest BCUT2D eigenvalue weighted by Crippen LogP contribution is -2.41. The molecule has 0 spiro atoms. The predicted molar refractivity (Wildman–Crippen MR) is 72.6 cm³/mol. The number of anilines is 1. The number of Topliss-reactive ketones (excluding diaryl/α,β-unsaturated/α-hetero) is 1. The van der Waals surface area contributed by atoms with Gasteiger partial charge in [0.1, 0.15) is 11.5 Å². The molecule has 0 unspecified atom stereocenters. The second-order valence-electron chi connectivity index (χ2n) is 4.63. The molecule has 102 valence electrons. The highest BCUT2D eigenvalue weighted by Gasteiger charge is 2.26. The Bertz CT molecular complexity index is 499. The quantitative estimate of drug-likeness (QED) is 0.851. The van der Waals surface area contributed by atoms with Crippen molar-refractivity contribution in [3.63, 3.8) is 0 Å². The Morgan fingerprint density at radius 1 is 1.47 bits per heavy atom. The van der Waals surface area contributed by atoms with Crippen LogP contribution in [0, 0.1) is 0 Å². The molecule has 1 aliphatic rings. The number of nitrogens with zero attached hydrogens (tertiary/aromatic N) is 1. The second-order valence-corrected chi connectivity index (χ2v) is 4.63. The smallest absolute Gasteiger partial charge is 0.265 e. The molecule has 5 heteroatoms. The third-order valence-corrected chi connectivity index (χ3v) is 3.01. The van der Waals surface area contributed by atoms with Crippen LogP contribution in [-0.4, -0.2) is 38.4 Å². The predicted octanol–water partition coefficient (Wildman–Crippen LogP) is 0.763. The number of likely N-dealkylation sites (N-methyl/N-ethyl adjacent to an activating group) is 1. The van der Waals surface area contributed by atoms with Crippen molar-refractivity contribution in [2.24, 2.45) is 0 Å². The van der Waals surface area contributed by atoms with E-state index in [0.29, 0.717) is 11.4 Å². The van der Waals surface area contributed by atoms with Crippen LogP contribution in [0.5, 0.6) is 5.75 Å². The molecule has 19 heavy (non-hydrogen) atoms. The summed E-state index contributed by atoms with van der Waals surface area (Å²) in [5.41, 5.74) is 1.81. The summed E-state index contributed by atoms with van der Waals surface area (Å²) in [6.07, 6.45) is 0.867. The van der Waals surface area contributed by atoms with Gasteiger partial charge >= 0.3 is 0 Å². The van der Waals surface area contributed by atoms with E-state index in [1.165, 1.54) is 11.8 Å². The third-order valence-electron chi connectivity index (χ3n) is 3.01. The van der Waals surface area contributed by atoms with Gasteiger partial charge in [0.25, 0.3) is 5.91 Å². The highest BCUT2D eigenvalue weighted by Crippen LogP contribution is 2.32. The molecule has 1 amide bonds. The Balaban J connectivity index is 2.29. The van der Waals surface area contributed by atoms with Crippen LogP contribution in [0.25, 0.3) is 0 Å². The average Bonchev–Trinajstić information content (AvgIpc) is 2.39. The van der Waals surface area contributed by atoms with Crippen LogP contribution in [0.1, 0.15) is 12.5 Å². The van der Waals surface area contributed by atoms with Gasteiger partial charge in [0.15, 0.2) is 6.61 Å². The summed E-state index contributed by atoms with van der Waals surface area (Å²) in [7, 11) is 1.90. The minimum absolute atomic E-state index is 0.00383. The summed E-state index contributed by atoms with van der Waals surface area (Å²) < 4.78 is 5.39. The number of nitrogens with one attached hydrogen (secondary N) is 1. The number of ether oxygens (including phenoxy) is 1. The Morgan fingerprint density at radius 3 is 2.95 bits per heavy atom. The van der Waals surface area contributed by atoms with Crippen LogP contribution in [0.4, 0.5) is 5.69 Å². The zero-order valence-corrected chi connectivity index (χ0v) is 11.2. The van der Waals surface area contributed by atoms with Crippen molar-refractivity contribution >= 4 is 17.4 Å². The molecule has 0 saturated heterocycles. The number of rotatable bonds is 5. The lowest BCUT2D eigenvalue weighted by Gasteiger charge is -2.29. The van der Waals surface area contributed by atoms with Gasteiger partial charge in [-0.3, -0.25) is 14.5 Å². The van der Waals surface area contributed by atoms with Crippen molar-refractivity contribution in [1.82, 2.24) is 5.32 Å². The Labute approximate surface area is 112 Å². The highest BCUT2D eigenvalue weighted by molar-refractivity contribution is 6.02. The van der Waals surface area contributed by atoms with Crippen LogP contribution in [-0.2, 0) is 16.0 Å². The fourth-order valence-corrected chi connectivity index (χ4v) is 2.07. The molecule has 1 aromatic carbocycles. The maximum Gasteiger partial charge on any atom is 0.265 e. The summed E-state index contributed by atoms with van der Waals surface area (Å²) in [6, 6.07) is 5.77. The summed E-state index contributed by atoms with van der Waals surface area (Å²) in [5.74, 6) is 0.448. The van der Waals surface area contributed by atoms with Crippen molar-refractivity contribution in [1.29, 1.82) is 0 Å². The first-order valence-corrected chi connectivity index (χ1v) is 6.32. The molecule has 0 aliphatic carbocycles. The Hall–Kier alpha value is -1.88. The molecular weight excluding hydrogens is 244 g/mol. The third kappa shape index (κ3) is 3.12. The topological polar surface area (TPSA) is 58.6 Å². The number of carbonyl (C=O) groups is 2. The molecule has 0 aromatic heterocycles. The number of ketones is 1. The zero-order valence-electron chi connectivity index (χ0n) is 11.2. The first-order chi connectivity index (χ1) is 9.11. The summed E-state index contributed by atoms with van der Waals surface area (Å²) in [4.78, 5) is 24.6. The molecule has 0 bridgehead atoms. The molecular formula is C14H18N2O3. The van der Waals surface area contributed by atoms with E-state index in [0.717, 1.165) is 18.5 Å². The zero-order chi connectivity index (χ0) is 13.8. The summed E-state index contributed by atoms with van der Waals surface area (Å²) in [5, 5.41) is 3.08. The number of hydrogen-bond acceptors (Lipinski definition) is 4. The first-order valence-electron chi connectivity index (χ1n) is 6.32. The van der Waals surface area contributed by atoms with Crippen LogP contribution >= 0.6 is 0 Å². The maximum absolute atomic E-state index is 11.9. The fraction of sp³-hybridized carbons (Fsp3) is 0.429. The van der Waals surface area contributed by atoms with E-state index in [1.807, 2.05) is 25.2 Å². The van der Waals surface area contributed by atoms with Crippen LogP contribution in [0.15, 0.2) is 18.2 Å². The lowest BCUT2D eigenvalue weighted by atomic mass is 10.1. The van der Waals surface area contributed by atoms with Gasteiger partial charge in [-0.2, -0.15) is 0 Å². The monoisotopic (exact) mass is 262 g/mol. The minimum atomic E-state index is -0.173. The van der Waals surface area contributed by atoms with Gasteiger partial charge in [-0.05, 0) is 44.6 Å². The van der Waals surface area contributed by atoms with Gasteiger partial charge in [-0.1, -0.05) is 6.07 Å². The van der Waals surface area contributed by atoms with Crippen LogP contribution in [0.3, 0.4) is 0 Å². The van der Waals surface area contributed by atoms with Crippen molar-refractivity contribution in [3.8, 4) is 5.75 Å². The van der Waals surface area contributed by atoms with E-state index < -0.39 is 0 Å². The van der Waals surface area contributed by atoms with Crippen LogP contribution in [0.2, 0.25) is 0 Å². The number of fused-ring (bicyclic) bond motifs is 1. The molecule has 1 aliphatic heterocycles. The minimum Gasteiger partial charge on any atom is -0.482 e. The van der Waals surface area contributed by atoms with E-state index in [-0.39, 0.29) is 24.8 Å². The summed E-state index contributed by atoms with van der Waals surface area (Å²) >= 11 is 0. The Kier molecular flexibility index (Phi) is 4.16. The van der Waals surface area contributed by atoms with Gasteiger partial charge in [0.05, 0.1) is 12.2 Å². The van der Waals surface area contributed by atoms with Gasteiger partial charge in [0.2, 0.25) is 0 Å². The molecule has 0 fully saturated rings. The normalized spacial score (nSPS) is 14.0. The van der Waals surface area contributed by atoms with E-state index in [1.54, 1.807) is 0 Å². The van der Waals surface area contributed by atoms with E-state index >= 15 is 0 Å². The standard InChI is InChI=1S/C14H18N2O3/c1-10(17)8-16-12-7-11(5-6-15-2)3-4-13(12)19-9-14(16)18/h3-4,7,15H,5-6,8-9H2,1-2H3. The molecule has 1 N–H and O–H groups in total. The molecule has 1 aromatic rings. The van der Waals surface area contributed by atoms with Crippen LogP contribution < -0.4 is 15.0 Å². The molecule has 1 heterocycles. The van der Waals surface area contributed by atoms with Crippen molar-refractivity contribution < 1.29 is 14.3 Å². The van der Waals surface area contributed by atoms with E-state index in [9.17, 15) is 9.59 Å². The number of carbonyl (C=O) groups excluding carboxylic acids is 2. The van der Waals surface area contributed by atoms with Crippen molar-refractivity contribution in [2.45, 2.75) is 13.3 Å². The molecule has 0 radical (unpaired) electrons. The van der Waals surface area contributed by atoms with Gasteiger partial charge < -0.3 is 10.1 Å². The maximum atomic E-state index is 11.9. The largest absolute Gasteiger partial charge is 0.482 e. The second kappa shape index (κ2) is 5.84. The van der Waals surface area contributed by atoms with E-state index in [2.05, 4.69) is 5.32 Å². The van der Waals surface area contributed by atoms with Gasteiger partial charge in [-0.15, -0.1) is 0 Å². The number of amides is 1. The van der Waals surface area contributed by atoms with Crippen molar-refractivity contribution in [2.75, 3.05) is 31.6 Å². The molecule has 0 saturated carbocycles. The highest BCUT2D eigenvalue weighted by atomic mass is 16.5. The summed E-state index contributed by atoms with van der Waals surface area (Å²) in [6.45, 7) is 2.44. The van der Waals surface area contributed by atoms with Gasteiger partial charge in [0, 0.05) is 0 Å². The molecule has 0 atom stereocenters. The number of benzene rings is 1. The fourth-order valence-electron chi connectivity index (χ4n) is 2.07. The SMILES string of the molecule is CNCCc1ccc2c(c1)N(CC(C)=O)C(=O)CO2. The lowest BCUT2D eigenvalue weighted by molar-refractivity contribution is -0.123. The number of hydrogen-bond donors (Lipinski definition) is 1. The molecule has 2 rings (SSSR count). The van der Waals surface area contributed by atoms with E-state index in [4.69, 9.17) is 4.74 Å². The first kappa shape index (κ1) is 13.5.